The minimum Gasteiger partial charge on any atom is -0.480 e. The fourth-order valence-electron chi connectivity index (χ4n) is 1.01. The number of halogens is 1. The van der Waals surface area contributed by atoms with Crippen LogP contribution in [0.1, 0.15) is 5.56 Å². The van der Waals surface area contributed by atoms with E-state index in [1.54, 1.807) is 0 Å². The normalized spacial score (nSPS) is 12.5. The maximum absolute atomic E-state index is 10.5. The molecule has 0 bridgehead atoms. The number of benzene rings is 1. The summed E-state index contributed by atoms with van der Waals surface area (Å²) in [7, 11) is 0. The largest absolute Gasteiger partial charge is 0.480 e. The Hall–Kier alpha value is -0.620. The van der Waals surface area contributed by atoms with Crippen LogP contribution in [0.2, 0.25) is 0 Å². The number of carbonyl (C=O) groups is 1. The van der Waals surface area contributed by atoms with E-state index in [-0.39, 0.29) is 0 Å². The van der Waals surface area contributed by atoms with Crippen LogP contribution in [0.5, 0.6) is 0 Å². The van der Waals surface area contributed by atoms with E-state index >= 15 is 0 Å². The minimum atomic E-state index is -0.959. The van der Waals surface area contributed by atoms with E-state index in [1.807, 2.05) is 24.3 Å². The van der Waals surface area contributed by atoms with E-state index in [1.165, 1.54) is 0 Å². The summed E-state index contributed by atoms with van der Waals surface area (Å²) in [4.78, 5) is 10.5. The van der Waals surface area contributed by atoms with Crippen molar-refractivity contribution >= 4 is 28.6 Å². The molecule has 0 radical (unpaired) electrons. The molecule has 0 saturated carbocycles. The van der Waals surface area contributed by atoms with Crippen LogP contribution < -0.4 is 5.73 Å². The Balaban J connectivity index is 2.69. The summed E-state index contributed by atoms with van der Waals surface area (Å²) in [6, 6.07) is 6.86. The standard InChI is InChI=1S/C9H10INO2/c10-7-3-1-2-6(4-7)5-8(11)9(12)13/h1-4,8H,5,11H2,(H,12,13)/t8-/m0/s1/i10+4. The van der Waals surface area contributed by atoms with Crippen LogP contribution >= 0.6 is 22.6 Å². The molecule has 3 N–H and O–H groups in total. The Labute approximate surface area is 90.1 Å². The van der Waals surface area contributed by atoms with Gasteiger partial charge in [-0.3, -0.25) is 4.79 Å². The molecule has 0 aliphatic heterocycles. The van der Waals surface area contributed by atoms with Gasteiger partial charge in [0.05, 0.1) is 0 Å². The Bertz CT molecular complexity index is 314. The van der Waals surface area contributed by atoms with Gasteiger partial charge in [0, 0.05) is 3.57 Å². The van der Waals surface area contributed by atoms with Crippen molar-refractivity contribution in [2.24, 2.45) is 5.73 Å². The monoisotopic (exact) mass is 295 g/mol. The number of carboxylic acids is 1. The summed E-state index contributed by atoms with van der Waals surface area (Å²) in [5.41, 5.74) is 6.36. The summed E-state index contributed by atoms with van der Waals surface area (Å²) >= 11 is 2.18. The second-order valence-electron chi connectivity index (χ2n) is 2.78. The molecule has 0 aliphatic carbocycles. The summed E-state index contributed by atoms with van der Waals surface area (Å²) in [5.74, 6) is -0.959. The molecule has 0 unspecified atom stereocenters. The van der Waals surface area contributed by atoms with Gasteiger partial charge in [-0.05, 0) is 46.7 Å². The molecule has 0 amide bonds. The van der Waals surface area contributed by atoms with Gasteiger partial charge in [0.15, 0.2) is 0 Å². The molecule has 1 aromatic rings. The smallest absolute Gasteiger partial charge is 0.320 e. The summed E-state index contributed by atoms with van der Waals surface area (Å²) in [6.07, 6.45) is 0.381. The highest BCUT2D eigenvalue weighted by Crippen LogP contribution is 2.09. The van der Waals surface area contributed by atoms with Crippen molar-refractivity contribution in [2.45, 2.75) is 12.5 Å². The second kappa shape index (κ2) is 4.57. The Morgan fingerprint density at radius 1 is 1.62 bits per heavy atom. The second-order valence-corrected chi connectivity index (χ2v) is 4.02. The fraction of sp³-hybridized carbons (Fsp3) is 0.222. The fourth-order valence-corrected chi connectivity index (χ4v) is 1.61. The van der Waals surface area contributed by atoms with Crippen molar-refractivity contribution in [1.29, 1.82) is 0 Å². The topological polar surface area (TPSA) is 63.3 Å². The Morgan fingerprint density at radius 3 is 2.85 bits per heavy atom. The lowest BCUT2D eigenvalue weighted by molar-refractivity contribution is -0.138. The zero-order valence-electron chi connectivity index (χ0n) is 6.90. The molecule has 13 heavy (non-hydrogen) atoms. The average molecular weight is 295 g/mol. The summed E-state index contributed by atoms with van der Waals surface area (Å²) < 4.78 is 1.09. The SMILES string of the molecule is N[C@@H](Cc1cccc([131I])c1)C(=O)O. The molecule has 1 atom stereocenters. The lowest BCUT2D eigenvalue weighted by atomic mass is 10.1. The third kappa shape index (κ3) is 3.31. The highest BCUT2D eigenvalue weighted by atomic mass is 131. The first-order valence-corrected chi connectivity index (χ1v) is 4.90. The van der Waals surface area contributed by atoms with Crippen molar-refractivity contribution < 1.29 is 9.90 Å². The zero-order chi connectivity index (χ0) is 9.84. The van der Waals surface area contributed by atoms with Crippen molar-refractivity contribution in [3.8, 4) is 0 Å². The van der Waals surface area contributed by atoms with E-state index < -0.39 is 12.0 Å². The summed E-state index contributed by atoms with van der Waals surface area (Å²) in [6.45, 7) is 0. The van der Waals surface area contributed by atoms with Crippen LogP contribution in [0.25, 0.3) is 0 Å². The molecule has 1 aromatic carbocycles. The predicted molar refractivity (Wildman–Crippen MR) is 58.5 cm³/mol. The van der Waals surface area contributed by atoms with Crippen molar-refractivity contribution in [1.82, 2.24) is 0 Å². The molecule has 4 heteroatoms. The summed E-state index contributed by atoms with van der Waals surface area (Å²) in [5, 5.41) is 8.59. The van der Waals surface area contributed by atoms with Gasteiger partial charge in [-0.25, -0.2) is 0 Å². The number of hydrogen-bond acceptors (Lipinski definition) is 2. The predicted octanol–water partition coefficient (Wildman–Crippen LogP) is 1.25. The molecular formula is C9H10INO2. The molecule has 0 aromatic heterocycles. The van der Waals surface area contributed by atoms with Gasteiger partial charge in [0.1, 0.15) is 6.04 Å². The first-order valence-electron chi connectivity index (χ1n) is 3.82. The van der Waals surface area contributed by atoms with Gasteiger partial charge in [-0.15, -0.1) is 0 Å². The maximum atomic E-state index is 10.5. The van der Waals surface area contributed by atoms with Crippen molar-refractivity contribution in [3.05, 3.63) is 33.4 Å². The Morgan fingerprint density at radius 2 is 2.31 bits per heavy atom. The van der Waals surface area contributed by atoms with E-state index in [0.29, 0.717) is 6.42 Å². The van der Waals surface area contributed by atoms with Gasteiger partial charge in [-0.1, -0.05) is 12.1 Å². The maximum Gasteiger partial charge on any atom is 0.320 e. The molecule has 70 valence electrons. The van der Waals surface area contributed by atoms with Crippen LogP contribution in [-0.2, 0) is 11.2 Å². The van der Waals surface area contributed by atoms with Crippen LogP contribution in [0.15, 0.2) is 24.3 Å². The lowest BCUT2D eigenvalue weighted by Gasteiger charge is -2.05. The highest BCUT2D eigenvalue weighted by Gasteiger charge is 2.11. The number of hydrogen-bond donors (Lipinski definition) is 2. The van der Waals surface area contributed by atoms with Gasteiger partial charge in [-0.2, -0.15) is 0 Å². The van der Waals surface area contributed by atoms with Crippen LogP contribution in [0.3, 0.4) is 0 Å². The minimum absolute atomic E-state index is 0.381. The van der Waals surface area contributed by atoms with Crippen LogP contribution in [0.4, 0.5) is 0 Å². The van der Waals surface area contributed by atoms with Gasteiger partial charge in [0.2, 0.25) is 0 Å². The first-order chi connectivity index (χ1) is 6.09. The number of carboxylic acid groups (broad SMARTS) is 1. The zero-order valence-corrected chi connectivity index (χ0v) is 9.06. The number of aliphatic carboxylic acids is 1. The molecule has 0 aliphatic rings. The molecule has 0 fully saturated rings. The third-order valence-electron chi connectivity index (χ3n) is 1.66. The van der Waals surface area contributed by atoms with E-state index in [2.05, 4.69) is 22.6 Å². The van der Waals surface area contributed by atoms with E-state index in [4.69, 9.17) is 10.8 Å². The molecular weight excluding hydrogens is 285 g/mol. The lowest BCUT2D eigenvalue weighted by Crippen LogP contribution is -2.32. The molecule has 3 nitrogen and oxygen atoms in total. The molecule has 0 saturated heterocycles. The van der Waals surface area contributed by atoms with Crippen molar-refractivity contribution in [2.75, 3.05) is 0 Å². The molecule has 0 heterocycles. The highest BCUT2D eigenvalue weighted by molar-refractivity contribution is 14.1. The quantitative estimate of drug-likeness (QED) is 0.825. The first kappa shape index (κ1) is 10.5. The molecule has 1 rings (SSSR count). The van der Waals surface area contributed by atoms with Gasteiger partial charge < -0.3 is 10.8 Å². The molecule has 0 spiro atoms. The van der Waals surface area contributed by atoms with E-state index in [9.17, 15) is 4.79 Å². The van der Waals surface area contributed by atoms with Crippen LogP contribution in [0, 0.1) is 3.57 Å². The number of nitrogens with two attached hydrogens (primary N) is 1. The number of rotatable bonds is 3. The average Bonchev–Trinajstić information content (AvgIpc) is 2.04. The van der Waals surface area contributed by atoms with Crippen molar-refractivity contribution in [3.63, 3.8) is 0 Å². The van der Waals surface area contributed by atoms with E-state index in [0.717, 1.165) is 9.13 Å². The Kier molecular flexibility index (Phi) is 3.68. The van der Waals surface area contributed by atoms with Gasteiger partial charge >= 0.3 is 5.97 Å². The van der Waals surface area contributed by atoms with Crippen LogP contribution in [-0.4, -0.2) is 17.1 Å². The third-order valence-corrected chi connectivity index (χ3v) is 2.33. The van der Waals surface area contributed by atoms with Gasteiger partial charge in [0.25, 0.3) is 0 Å².